The second-order valence-electron chi connectivity index (χ2n) is 4.71. The molecule has 0 aromatic carbocycles. The number of amides is 1. The monoisotopic (exact) mass is 251 g/mol. The van der Waals surface area contributed by atoms with E-state index in [1.165, 1.54) is 6.42 Å². The van der Waals surface area contributed by atoms with Crippen LogP contribution in [0.15, 0.2) is 18.3 Å². The molecule has 3 heterocycles. The molecule has 2 aliphatic rings. The van der Waals surface area contributed by atoms with Crippen LogP contribution < -0.4 is 10.6 Å². The highest BCUT2D eigenvalue weighted by atomic mass is 35.5. The number of halogens is 1. The number of nitrogens with one attached hydrogen (secondary N) is 2. The lowest BCUT2D eigenvalue weighted by Crippen LogP contribution is -2.33. The van der Waals surface area contributed by atoms with E-state index in [4.69, 9.17) is 11.6 Å². The third kappa shape index (κ3) is 2.03. The van der Waals surface area contributed by atoms with Crippen molar-refractivity contribution in [2.75, 3.05) is 5.32 Å². The minimum Gasteiger partial charge on any atom is -0.310 e. The largest absolute Gasteiger partial charge is 0.310 e. The third-order valence-corrected chi connectivity index (χ3v) is 3.94. The van der Waals surface area contributed by atoms with Gasteiger partial charge in [-0.3, -0.25) is 4.79 Å². The van der Waals surface area contributed by atoms with Crippen LogP contribution in [0, 0.1) is 5.92 Å². The van der Waals surface area contributed by atoms with Crippen molar-refractivity contribution in [2.24, 2.45) is 5.92 Å². The Kier molecular flexibility index (Phi) is 2.76. The zero-order valence-corrected chi connectivity index (χ0v) is 10.1. The van der Waals surface area contributed by atoms with Crippen LogP contribution >= 0.6 is 11.6 Å². The molecule has 17 heavy (non-hydrogen) atoms. The van der Waals surface area contributed by atoms with E-state index in [9.17, 15) is 4.79 Å². The number of rotatable bonds is 2. The summed E-state index contributed by atoms with van der Waals surface area (Å²) in [6, 6.07) is 4.33. The van der Waals surface area contributed by atoms with Crippen LogP contribution in [0.4, 0.5) is 5.82 Å². The standard InChI is InChI=1S/C12H14ClN3O/c13-9-2-1-5-14-11(9)16-12(17)8-6-7-3-4-10(8)15-7/h1-2,5,7-8,10,15H,3-4,6H2,(H,14,16,17). The van der Waals surface area contributed by atoms with Gasteiger partial charge in [0.25, 0.3) is 0 Å². The van der Waals surface area contributed by atoms with E-state index in [0.717, 1.165) is 12.8 Å². The summed E-state index contributed by atoms with van der Waals surface area (Å²) in [5.41, 5.74) is 0. The maximum absolute atomic E-state index is 12.1. The van der Waals surface area contributed by atoms with Crippen molar-refractivity contribution in [3.63, 3.8) is 0 Å². The first-order valence-electron chi connectivity index (χ1n) is 5.91. The van der Waals surface area contributed by atoms with Gasteiger partial charge in [-0.15, -0.1) is 0 Å². The van der Waals surface area contributed by atoms with Gasteiger partial charge in [-0.05, 0) is 31.4 Å². The Bertz CT molecular complexity index is 451. The minimum absolute atomic E-state index is 0.0327. The maximum Gasteiger partial charge on any atom is 0.230 e. The van der Waals surface area contributed by atoms with Crippen LogP contribution in [-0.4, -0.2) is 23.0 Å². The molecule has 2 aliphatic heterocycles. The fraction of sp³-hybridized carbons (Fsp3) is 0.500. The summed E-state index contributed by atoms with van der Waals surface area (Å²) in [6.45, 7) is 0. The van der Waals surface area contributed by atoms with Crippen molar-refractivity contribution in [1.82, 2.24) is 10.3 Å². The number of carbonyl (C=O) groups excluding carboxylic acids is 1. The highest BCUT2D eigenvalue weighted by Gasteiger charge is 2.42. The number of aromatic nitrogens is 1. The summed E-state index contributed by atoms with van der Waals surface area (Å²) in [4.78, 5) is 16.2. The lowest BCUT2D eigenvalue weighted by atomic mass is 9.88. The molecule has 2 N–H and O–H groups in total. The molecular weight excluding hydrogens is 238 g/mol. The molecule has 0 spiro atoms. The maximum atomic E-state index is 12.1. The van der Waals surface area contributed by atoms with Crippen LogP contribution in [0.2, 0.25) is 5.02 Å². The average molecular weight is 252 g/mol. The van der Waals surface area contributed by atoms with Gasteiger partial charge in [0.1, 0.15) is 0 Å². The molecule has 1 aromatic heterocycles. The lowest BCUT2D eigenvalue weighted by Gasteiger charge is -2.19. The Hall–Kier alpha value is -1.13. The van der Waals surface area contributed by atoms with Crippen molar-refractivity contribution in [3.05, 3.63) is 23.4 Å². The van der Waals surface area contributed by atoms with Crippen LogP contribution in [0.3, 0.4) is 0 Å². The molecule has 2 saturated heterocycles. The Morgan fingerprint density at radius 2 is 2.41 bits per heavy atom. The Labute approximate surface area is 105 Å². The van der Waals surface area contributed by atoms with E-state index >= 15 is 0 Å². The van der Waals surface area contributed by atoms with E-state index in [1.54, 1.807) is 18.3 Å². The molecule has 2 bridgehead atoms. The quantitative estimate of drug-likeness (QED) is 0.843. The molecule has 0 aliphatic carbocycles. The zero-order chi connectivity index (χ0) is 11.8. The number of hydrogen-bond donors (Lipinski definition) is 2. The normalized spacial score (nSPS) is 30.5. The number of hydrogen-bond acceptors (Lipinski definition) is 3. The van der Waals surface area contributed by atoms with Crippen molar-refractivity contribution in [2.45, 2.75) is 31.3 Å². The van der Waals surface area contributed by atoms with Crippen molar-refractivity contribution in [1.29, 1.82) is 0 Å². The summed E-state index contributed by atoms with van der Waals surface area (Å²) in [7, 11) is 0. The van der Waals surface area contributed by atoms with Gasteiger partial charge >= 0.3 is 0 Å². The second-order valence-corrected chi connectivity index (χ2v) is 5.12. The van der Waals surface area contributed by atoms with Gasteiger partial charge in [-0.2, -0.15) is 0 Å². The fourth-order valence-corrected chi connectivity index (χ4v) is 2.97. The summed E-state index contributed by atoms with van der Waals surface area (Å²) in [5, 5.41) is 6.74. The molecule has 3 atom stereocenters. The number of fused-ring (bicyclic) bond motifs is 2. The molecule has 4 nitrogen and oxygen atoms in total. The van der Waals surface area contributed by atoms with Gasteiger partial charge in [-0.25, -0.2) is 4.98 Å². The van der Waals surface area contributed by atoms with Gasteiger partial charge in [0, 0.05) is 18.3 Å². The van der Waals surface area contributed by atoms with Crippen molar-refractivity contribution in [3.8, 4) is 0 Å². The Morgan fingerprint density at radius 3 is 3.06 bits per heavy atom. The summed E-state index contributed by atoms with van der Waals surface area (Å²) in [6.07, 6.45) is 4.85. The molecule has 0 radical (unpaired) electrons. The zero-order valence-electron chi connectivity index (χ0n) is 9.32. The van der Waals surface area contributed by atoms with Gasteiger partial charge in [-0.1, -0.05) is 11.6 Å². The summed E-state index contributed by atoms with van der Waals surface area (Å²) in [5.74, 6) is 0.555. The minimum atomic E-state index is 0.0327. The Balaban J connectivity index is 1.70. The summed E-state index contributed by atoms with van der Waals surface area (Å²) < 4.78 is 0. The molecule has 0 saturated carbocycles. The predicted molar refractivity (Wildman–Crippen MR) is 65.9 cm³/mol. The van der Waals surface area contributed by atoms with Crippen molar-refractivity contribution >= 4 is 23.3 Å². The van der Waals surface area contributed by atoms with Crippen LogP contribution in [0.1, 0.15) is 19.3 Å². The molecule has 1 amide bonds. The van der Waals surface area contributed by atoms with Gasteiger partial charge < -0.3 is 10.6 Å². The SMILES string of the molecule is O=C(Nc1ncccc1Cl)C1CC2CCC1N2. The molecule has 3 unspecified atom stereocenters. The van der Waals surface area contributed by atoms with E-state index in [1.807, 2.05) is 0 Å². The highest BCUT2D eigenvalue weighted by Crippen LogP contribution is 2.34. The smallest absolute Gasteiger partial charge is 0.230 e. The van der Waals surface area contributed by atoms with Gasteiger partial charge in [0.05, 0.1) is 10.9 Å². The predicted octanol–water partition coefficient (Wildman–Crippen LogP) is 1.81. The van der Waals surface area contributed by atoms with Gasteiger partial charge in [0.2, 0.25) is 5.91 Å². The molecular formula is C12H14ClN3O. The second kappa shape index (κ2) is 4.27. The van der Waals surface area contributed by atoms with E-state index in [0.29, 0.717) is 22.9 Å². The van der Waals surface area contributed by atoms with Crippen molar-refractivity contribution < 1.29 is 4.79 Å². The first kappa shape index (κ1) is 11.0. The van der Waals surface area contributed by atoms with Crippen LogP contribution in [0.25, 0.3) is 0 Å². The van der Waals surface area contributed by atoms with Crippen LogP contribution in [-0.2, 0) is 4.79 Å². The third-order valence-electron chi connectivity index (χ3n) is 3.64. The average Bonchev–Trinajstić information content (AvgIpc) is 2.94. The molecule has 5 heteroatoms. The van der Waals surface area contributed by atoms with E-state index < -0.39 is 0 Å². The highest BCUT2D eigenvalue weighted by molar-refractivity contribution is 6.33. The number of nitrogens with zero attached hydrogens (tertiary/aromatic N) is 1. The molecule has 90 valence electrons. The first-order chi connectivity index (χ1) is 8.24. The lowest BCUT2D eigenvalue weighted by molar-refractivity contribution is -0.120. The molecule has 1 aromatic rings. The van der Waals surface area contributed by atoms with E-state index in [2.05, 4.69) is 15.6 Å². The topological polar surface area (TPSA) is 54.0 Å². The number of carbonyl (C=O) groups is 1. The number of anilines is 1. The fourth-order valence-electron chi connectivity index (χ4n) is 2.80. The molecule has 2 fully saturated rings. The van der Waals surface area contributed by atoms with E-state index in [-0.39, 0.29) is 11.8 Å². The molecule has 3 rings (SSSR count). The Morgan fingerprint density at radius 1 is 1.53 bits per heavy atom. The first-order valence-corrected chi connectivity index (χ1v) is 6.29. The van der Waals surface area contributed by atoms with Gasteiger partial charge in [0.15, 0.2) is 5.82 Å². The van der Waals surface area contributed by atoms with Crippen LogP contribution in [0.5, 0.6) is 0 Å². The number of pyridine rings is 1. The summed E-state index contributed by atoms with van der Waals surface area (Å²) >= 11 is 5.96.